The van der Waals surface area contributed by atoms with Gasteiger partial charge in [-0.15, -0.1) is 12.4 Å². The fourth-order valence-corrected chi connectivity index (χ4v) is 2.19. The van der Waals surface area contributed by atoms with Crippen LogP contribution in [0.5, 0.6) is 0 Å². The van der Waals surface area contributed by atoms with Crippen LogP contribution in [0.1, 0.15) is 50.1 Å². The molecule has 0 unspecified atom stereocenters. The first-order valence-electron chi connectivity index (χ1n) is 5.10. The zero-order chi connectivity index (χ0) is 8.23. The van der Waals surface area contributed by atoms with Gasteiger partial charge in [0.25, 0.3) is 0 Å². The Hall–Kier alpha value is -0.430. The van der Waals surface area contributed by atoms with Gasteiger partial charge in [-0.2, -0.15) is 0 Å². The molecule has 1 aromatic heterocycles. The van der Waals surface area contributed by atoms with E-state index in [4.69, 9.17) is 0 Å². The Morgan fingerprint density at radius 3 is 2.31 bits per heavy atom. The van der Waals surface area contributed by atoms with Gasteiger partial charge >= 0.3 is 0 Å². The first-order chi connectivity index (χ1) is 5.97. The Morgan fingerprint density at radius 1 is 1.08 bits per heavy atom. The second kappa shape index (κ2) is 5.33. The quantitative estimate of drug-likeness (QED) is 0.661. The zero-order valence-corrected chi connectivity index (χ0v) is 8.78. The smallest absolute Gasteiger partial charge is 0.0178 e. The number of aromatic nitrogens is 1. The first kappa shape index (κ1) is 10.6. The molecule has 0 amide bonds. The molecule has 1 fully saturated rings. The lowest BCUT2D eigenvalue weighted by molar-refractivity contribution is 0.580. The summed E-state index contributed by atoms with van der Waals surface area (Å²) in [6.07, 6.45) is 10.5. The van der Waals surface area contributed by atoms with E-state index < -0.39 is 0 Å². The number of hydrogen-bond acceptors (Lipinski definition) is 0. The van der Waals surface area contributed by atoms with Crippen LogP contribution in [0.4, 0.5) is 0 Å². The second-order valence-electron chi connectivity index (χ2n) is 3.81. The fourth-order valence-electron chi connectivity index (χ4n) is 2.19. The van der Waals surface area contributed by atoms with E-state index in [-0.39, 0.29) is 12.4 Å². The van der Waals surface area contributed by atoms with Crippen molar-refractivity contribution in [3.8, 4) is 0 Å². The molecule has 1 heterocycles. The second-order valence-corrected chi connectivity index (χ2v) is 3.81. The third-order valence-corrected chi connectivity index (χ3v) is 2.92. The normalized spacial score (nSPS) is 19.1. The van der Waals surface area contributed by atoms with Gasteiger partial charge in [0.2, 0.25) is 0 Å². The van der Waals surface area contributed by atoms with E-state index in [2.05, 4.69) is 17.1 Å². The number of nitrogens with one attached hydrogen (secondary N) is 1. The van der Waals surface area contributed by atoms with Gasteiger partial charge in [-0.3, -0.25) is 0 Å². The van der Waals surface area contributed by atoms with Crippen LogP contribution in [0.25, 0.3) is 0 Å². The summed E-state index contributed by atoms with van der Waals surface area (Å²) >= 11 is 0. The lowest BCUT2D eigenvalue weighted by atomic mass is 9.97. The molecule has 0 saturated heterocycles. The van der Waals surface area contributed by atoms with Crippen LogP contribution in [0.2, 0.25) is 0 Å². The summed E-state index contributed by atoms with van der Waals surface area (Å²) in [6, 6.07) is 4.34. The van der Waals surface area contributed by atoms with Gasteiger partial charge in [-0.25, -0.2) is 0 Å². The van der Waals surface area contributed by atoms with Crippen LogP contribution in [0, 0.1) is 0 Å². The molecular formula is C11H18ClN. The van der Waals surface area contributed by atoms with Crippen molar-refractivity contribution >= 4 is 12.4 Å². The molecule has 0 atom stereocenters. The molecular weight excluding hydrogens is 182 g/mol. The van der Waals surface area contributed by atoms with Crippen molar-refractivity contribution in [3.05, 3.63) is 24.0 Å². The van der Waals surface area contributed by atoms with Crippen molar-refractivity contribution in [2.24, 2.45) is 0 Å². The number of aromatic amines is 1. The summed E-state index contributed by atoms with van der Waals surface area (Å²) in [5.41, 5.74) is 1.46. The van der Waals surface area contributed by atoms with E-state index in [1.165, 1.54) is 44.2 Å². The Labute approximate surface area is 86.3 Å². The molecule has 0 aromatic carbocycles. The number of hydrogen-bond donors (Lipinski definition) is 1. The SMILES string of the molecule is Cl.c1c[nH]c(C2CCCCCC2)c1. The van der Waals surface area contributed by atoms with Gasteiger partial charge < -0.3 is 4.98 Å². The minimum atomic E-state index is 0. The molecule has 1 aromatic rings. The van der Waals surface area contributed by atoms with Crippen LogP contribution >= 0.6 is 12.4 Å². The summed E-state index contributed by atoms with van der Waals surface area (Å²) in [5.74, 6) is 0.822. The van der Waals surface area contributed by atoms with Crippen LogP contribution in [0.15, 0.2) is 18.3 Å². The average Bonchev–Trinajstić information content (AvgIpc) is 2.48. The predicted octanol–water partition coefficient (Wildman–Crippen LogP) is 3.87. The Kier molecular flexibility index (Phi) is 4.37. The van der Waals surface area contributed by atoms with E-state index in [1.54, 1.807) is 0 Å². The topological polar surface area (TPSA) is 15.8 Å². The Balaban J connectivity index is 0.000000845. The summed E-state index contributed by atoms with van der Waals surface area (Å²) in [6.45, 7) is 0. The maximum Gasteiger partial charge on any atom is 0.0178 e. The molecule has 74 valence electrons. The van der Waals surface area contributed by atoms with E-state index in [9.17, 15) is 0 Å². The lowest BCUT2D eigenvalue weighted by Gasteiger charge is -2.11. The van der Waals surface area contributed by atoms with Crippen LogP contribution < -0.4 is 0 Å². The van der Waals surface area contributed by atoms with Crippen LogP contribution in [0.3, 0.4) is 0 Å². The molecule has 1 nitrogen and oxygen atoms in total. The highest BCUT2D eigenvalue weighted by molar-refractivity contribution is 5.85. The maximum atomic E-state index is 3.33. The Bertz CT molecular complexity index is 210. The van der Waals surface area contributed by atoms with Crippen molar-refractivity contribution in [3.63, 3.8) is 0 Å². The maximum absolute atomic E-state index is 3.33. The summed E-state index contributed by atoms with van der Waals surface area (Å²) < 4.78 is 0. The molecule has 1 aliphatic rings. The van der Waals surface area contributed by atoms with Gasteiger partial charge in [-0.1, -0.05) is 25.7 Å². The highest BCUT2D eigenvalue weighted by Crippen LogP contribution is 2.30. The molecule has 0 bridgehead atoms. The van der Waals surface area contributed by atoms with Crippen molar-refractivity contribution in [2.75, 3.05) is 0 Å². The highest BCUT2D eigenvalue weighted by Gasteiger charge is 2.14. The van der Waals surface area contributed by atoms with E-state index in [0.717, 1.165) is 5.92 Å². The van der Waals surface area contributed by atoms with Crippen LogP contribution in [-0.4, -0.2) is 4.98 Å². The highest BCUT2D eigenvalue weighted by atomic mass is 35.5. The minimum absolute atomic E-state index is 0. The third-order valence-electron chi connectivity index (χ3n) is 2.92. The van der Waals surface area contributed by atoms with Crippen molar-refractivity contribution in [1.82, 2.24) is 4.98 Å². The molecule has 0 aliphatic heterocycles. The zero-order valence-electron chi connectivity index (χ0n) is 7.96. The molecule has 1 saturated carbocycles. The number of H-pyrrole nitrogens is 1. The van der Waals surface area contributed by atoms with Crippen LogP contribution in [-0.2, 0) is 0 Å². The molecule has 0 spiro atoms. The summed E-state index contributed by atoms with van der Waals surface area (Å²) in [7, 11) is 0. The standard InChI is InChI=1S/C11H17N.ClH/c1-2-4-7-10(6-3-1)11-8-5-9-12-11;/h5,8-10,12H,1-4,6-7H2;1H. The molecule has 13 heavy (non-hydrogen) atoms. The van der Waals surface area contributed by atoms with E-state index in [1.807, 2.05) is 6.20 Å². The largest absolute Gasteiger partial charge is 0.365 e. The summed E-state index contributed by atoms with van der Waals surface area (Å²) in [4.78, 5) is 3.33. The van der Waals surface area contributed by atoms with E-state index in [0.29, 0.717) is 0 Å². The van der Waals surface area contributed by atoms with Crippen molar-refractivity contribution in [1.29, 1.82) is 0 Å². The number of rotatable bonds is 1. The first-order valence-corrected chi connectivity index (χ1v) is 5.10. The lowest BCUT2D eigenvalue weighted by Crippen LogP contribution is -1.96. The molecule has 1 aliphatic carbocycles. The fraction of sp³-hybridized carbons (Fsp3) is 0.636. The average molecular weight is 200 g/mol. The van der Waals surface area contributed by atoms with Gasteiger partial charge in [0.05, 0.1) is 0 Å². The molecule has 1 N–H and O–H groups in total. The van der Waals surface area contributed by atoms with E-state index >= 15 is 0 Å². The summed E-state index contributed by atoms with van der Waals surface area (Å²) in [5, 5.41) is 0. The van der Waals surface area contributed by atoms with Gasteiger partial charge in [0, 0.05) is 11.9 Å². The molecule has 2 rings (SSSR count). The number of halogens is 1. The van der Waals surface area contributed by atoms with Gasteiger partial charge in [-0.05, 0) is 30.9 Å². The van der Waals surface area contributed by atoms with Crippen molar-refractivity contribution in [2.45, 2.75) is 44.4 Å². The monoisotopic (exact) mass is 199 g/mol. The molecule has 2 heteroatoms. The van der Waals surface area contributed by atoms with Crippen molar-refractivity contribution < 1.29 is 0 Å². The third kappa shape index (κ3) is 2.77. The van der Waals surface area contributed by atoms with Gasteiger partial charge in [0.15, 0.2) is 0 Å². The minimum Gasteiger partial charge on any atom is -0.365 e. The van der Waals surface area contributed by atoms with Gasteiger partial charge in [0.1, 0.15) is 0 Å². The molecule has 0 radical (unpaired) electrons. The predicted molar refractivity (Wildman–Crippen MR) is 58.5 cm³/mol. The Morgan fingerprint density at radius 2 is 1.77 bits per heavy atom.